The lowest BCUT2D eigenvalue weighted by Gasteiger charge is -2.39. The van der Waals surface area contributed by atoms with Gasteiger partial charge in [-0.05, 0) is 6.92 Å². The molecule has 1 aliphatic carbocycles. The van der Waals surface area contributed by atoms with Crippen LogP contribution in [0.2, 0.25) is 0 Å². The van der Waals surface area contributed by atoms with Crippen molar-refractivity contribution in [3.8, 4) is 0 Å². The number of thioether (sulfide) groups is 1. The zero-order chi connectivity index (χ0) is 24.3. The first-order valence-electron chi connectivity index (χ1n) is 10.5. The van der Waals surface area contributed by atoms with Crippen LogP contribution in [0.4, 0.5) is 4.79 Å². The number of amides is 1. The Bertz CT molecular complexity index is 929. The van der Waals surface area contributed by atoms with Gasteiger partial charge in [0.15, 0.2) is 5.72 Å². The molecular weight excluding hydrogens is 474 g/mol. The van der Waals surface area contributed by atoms with E-state index < -0.39 is 40.7 Å². The molecule has 6 N–H and O–H groups in total. The minimum absolute atomic E-state index is 0.0401. The molecule has 0 aromatic heterocycles. The summed E-state index contributed by atoms with van der Waals surface area (Å²) in [6.45, 7) is 1.85. The number of aliphatic hydroxyl groups excluding tert-OH is 3. The Kier molecular flexibility index (Phi) is 6.44. The zero-order valence-electron chi connectivity index (χ0n) is 18.5. The number of aliphatic hydroxyl groups is 3. The molecule has 0 aromatic rings. The van der Waals surface area contributed by atoms with Crippen LogP contribution in [-0.4, -0.2) is 106 Å². The van der Waals surface area contributed by atoms with Crippen LogP contribution in [0, 0.1) is 5.92 Å². The second-order valence-electron chi connectivity index (χ2n) is 8.51. The Morgan fingerprint density at radius 3 is 2.64 bits per heavy atom. The fourth-order valence-corrected chi connectivity index (χ4v) is 6.84. The number of nitrogens with one attached hydrogen (secondary N) is 1. The Labute approximate surface area is 200 Å². The van der Waals surface area contributed by atoms with Crippen LogP contribution in [0.5, 0.6) is 0 Å². The average molecular weight is 504 g/mol. The standard InChI is InChI=1S/C20H29N3O8S2/c1-8-15(26)14-13(17(27)20(8,30-3)33-7-12(25)11(24)6-32)9(5-31-18(21)28)19(29-2)16-10(22-16)4-23(14)19/h9-12,16,22,24-26,32H,4-7H2,1-3H3,(H2,21,28)/t9-,10+,11+,12+,16+,19-,20?/m1/s1. The number of fused-ring (bicyclic) bond motifs is 4. The number of carbonyl (C=O) groups is 2. The lowest BCUT2D eigenvalue weighted by molar-refractivity contribution is -0.136. The summed E-state index contributed by atoms with van der Waals surface area (Å²) in [5.41, 5.74) is 4.97. The minimum atomic E-state index is -1.66. The molecule has 1 amide bonds. The highest BCUT2D eigenvalue weighted by atomic mass is 32.2. The Morgan fingerprint density at radius 2 is 2.06 bits per heavy atom. The first-order valence-corrected chi connectivity index (χ1v) is 12.1. The first-order chi connectivity index (χ1) is 15.6. The number of nitrogens with zero attached hydrogens (tertiary/aromatic N) is 1. The van der Waals surface area contributed by atoms with Gasteiger partial charge in [-0.25, -0.2) is 4.79 Å². The van der Waals surface area contributed by atoms with Crippen LogP contribution >= 0.6 is 24.4 Å². The van der Waals surface area contributed by atoms with Gasteiger partial charge < -0.3 is 45.5 Å². The van der Waals surface area contributed by atoms with Crippen LogP contribution in [-0.2, 0) is 19.0 Å². The highest BCUT2D eigenvalue weighted by molar-refractivity contribution is 8.01. The number of carbonyl (C=O) groups excluding carboxylic acids is 2. The molecule has 1 unspecified atom stereocenters. The predicted octanol–water partition coefficient (Wildman–Crippen LogP) is -0.893. The SMILES string of the molecule is COC1(SC[C@H](O)[C@@H](O)CS)C(=O)C2=C(C(O)=C1C)N1C[C@@H]3N[C@@H]3[C@]1(OC)[C@@H]2COC(N)=O. The van der Waals surface area contributed by atoms with Gasteiger partial charge in [0.25, 0.3) is 0 Å². The number of hydrogen-bond donors (Lipinski definition) is 6. The molecule has 3 heterocycles. The van der Waals surface area contributed by atoms with Gasteiger partial charge in [-0.1, -0.05) is 0 Å². The van der Waals surface area contributed by atoms with Crippen molar-refractivity contribution in [3.63, 3.8) is 0 Å². The number of nitrogens with two attached hydrogens (primary N) is 1. The maximum atomic E-state index is 14.0. The predicted molar refractivity (Wildman–Crippen MR) is 122 cm³/mol. The second-order valence-corrected chi connectivity index (χ2v) is 10.1. The second kappa shape index (κ2) is 8.63. The molecule has 2 saturated heterocycles. The smallest absolute Gasteiger partial charge is 0.404 e. The van der Waals surface area contributed by atoms with Gasteiger partial charge in [0, 0.05) is 49.5 Å². The van der Waals surface area contributed by atoms with E-state index in [1.165, 1.54) is 14.2 Å². The lowest BCUT2D eigenvalue weighted by Crippen LogP contribution is -2.55. The Morgan fingerprint density at radius 1 is 1.36 bits per heavy atom. The molecule has 4 rings (SSSR count). The van der Waals surface area contributed by atoms with E-state index in [9.17, 15) is 24.9 Å². The van der Waals surface area contributed by atoms with E-state index in [0.29, 0.717) is 12.2 Å². The molecule has 0 spiro atoms. The van der Waals surface area contributed by atoms with E-state index in [2.05, 4.69) is 17.9 Å². The minimum Gasteiger partial charge on any atom is -0.506 e. The van der Waals surface area contributed by atoms with Crippen molar-refractivity contribution < 1.29 is 39.1 Å². The van der Waals surface area contributed by atoms with Crippen LogP contribution in [0.3, 0.4) is 0 Å². The number of hydrogen-bond acceptors (Lipinski definition) is 12. The number of ketones is 1. The molecule has 0 radical (unpaired) electrons. The van der Waals surface area contributed by atoms with Gasteiger partial charge in [0.2, 0.25) is 10.7 Å². The zero-order valence-corrected chi connectivity index (χ0v) is 20.2. The summed E-state index contributed by atoms with van der Waals surface area (Å²) >= 11 is 4.95. The number of primary amides is 1. The van der Waals surface area contributed by atoms with Gasteiger partial charge >= 0.3 is 6.09 Å². The Hall–Kier alpha value is -1.48. The van der Waals surface area contributed by atoms with Crippen LogP contribution in [0.1, 0.15) is 6.92 Å². The maximum Gasteiger partial charge on any atom is 0.404 e. The lowest BCUT2D eigenvalue weighted by atomic mass is 9.81. The number of rotatable bonds is 9. The molecule has 184 valence electrons. The van der Waals surface area contributed by atoms with E-state index in [-0.39, 0.29) is 47.1 Å². The van der Waals surface area contributed by atoms with Gasteiger partial charge in [-0.15, -0.1) is 11.8 Å². The van der Waals surface area contributed by atoms with Crippen molar-refractivity contribution in [2.45, 2.75) is 41.9 Å². The number of ether oxygens (including phenoxy) is 3. The van der Waals surface area contributed by atoms with Gasteiger partial charge in [-0.2, -0.15) is 12.6 Å². The molecule has 3 aliphatic heterocycles. The molecule has 4 aliphatic rings. The summed E-state index contributed by atoms with van der Waals surface area (Å²) in [6.07, 6.45) is -3.25. The van der Waals surface area contributed by atoms with Crippen LogP contribution in [0.25, 0.3) is 0 Å². The monoisotopic (exact) mass is 503 g/mol. The van der Waals surface area contributed by atoms with Gasteiger partial charge in [-0.3, -0.25) is 4.79 Å². The van der Waals surface area contributed by atoms with Crippen molar-refractivity contribution in [2.24, 2.45) is 11.7 Å². The van der Waals surface area contributed by atoms with E-state index in [1.54, 1.807) is 6.92 Å². The summed E-state index contributed by atoms with van der Waals surface area (Å²) < 4.78 is 16.8. The number of thiol groups is 1. The number of piperazine rings is 1. The fraction of sp³-hybridized carbons (Fsp3) is 0.700. The summed E-state index contributed by atoms with van der Waals surface area (Å²) in [6, 6.07) is -0.0212. The van der Waals surface area contributed by atoms with Gasteiger partial charge in [0.1, 0.15) is 12.4 Å². The molecule has 13 heteroatoms. The fourth-order valence-electron chi connectivity index (χ4n) is 5.30. The normalized spacial score (nSPS) is 36.5. The summed E-state index contributed by atoms with van der Waals surface area (Å²) in [5, 5.41) is 34.8. The third-order valence-corrected chi connectivity index (χ3v) is 8.97. The van der Waals surface area contributed by atoms with E-state index >= 15 is 0 Å². The third kappa shape index (κ3) is 3.39. The summed E-state index contributed by atoms with van der Waals surface area (Å²) in [5.74, 6) is -1.34. The maximum absolute atomic E-state index is 14.0. The highest BCUT2D eigenvalue weighted by Crippen LogP contribution is 2.59. The number of Topliss-reactive ketones (excluding diaryl/α,β-unsaturated/α-hetero) is 1. The molecule has 0 aromatic carbocycles. The van der Waals surface area contributed by atoms with Crippen LogP contribution in [0.15, 0.2) is 22.6 Å². The van der Waals surface area contributed by atoms with Crippen molar-refractivity contribution in [3.05, 3.63) is 22.6 Å². The van der Waals surface area contributed by atoms with Crippen molar-refractivity contribution in [1.82, 2.24) is 10.2 Å². The van der Waals surface area contributed by atoms with Crippen molar-refractivity contribution in [2.75, 3.05) is 38.9 Å². The third-order valence-electron chi connectivity index (χ3n) is 7.02. The quantitative estimate of drug-likeness (QED) is 0.131. The number of methoxy groups -OCH3 is 2. The molecule has 2 fully saturated rings. The van der Waals surface area contributed by atoms with E-state index in [1.807, 2.05) is 4.90 Å². The molecular formula is C20H29N3O8S2. The van der Waals surface area contributed by atoms with E-state index in [0.717, 1.165) is 11.8 Å². The largest absolute Gasteiger partial charge is 0.506 e. The Balaban J connectivity index is 1.77. The molecule has 0 bridgehead atoms. The molecule has 11 nitrogen and oxygen atoms in total. The van der Waals surface area contributed by atoms with Crippen LogP contribution < -0.4 is 11.1 Å². The molecule has 0 saturated carbocycles. The molecule has 7 atom stereocenters. The summed E-state index contributed by atoms with van der Waals surface area (Å²) in [4.78, 5) is 25.7. The highest BCUT2D eigenvalue weighted by Gasteiger charge is 2.73. The van der Waals surface area contributed by atoms with Crippen molar-refractivity contribution in [1.29, 1.82) is 0 Å². The average Bonchev–Trinajstić information content (AvgIpc) is 3.41. The topological polar surface area (TPSA) is 174 Å². The first kappa shape index (κ1) is 24.6. The van der Waals surface area contributed by atoms with Gasteiger partial charge in [0.05, 0.1) is 29.9 Å². The molecule has 33 heavy (non-hydrogen) atoms. The van der Waals surface area contributed by atoms with Crippen molar-refractivity contribution >= 4 is 36.3 Å². The van der Waals surface area contributed by atoms with E-state index in [4.69, 9.17) is 19.9 Å². The summed E-state index contributed by atoms with van der Waals surface area (Å²) in [7, 11) is 2.85.